The molecule has 2 heterocycles. The fourth-order valence-electron chi connectivity index (χ4n) is 4.08. The van der Waals surface area contributed by atoms with E-state index in [9.17, 15) is 9.90 Å². The molecular formula is C25H26N2O2. The molecule has 1 fully saturated rings. The van der Waals surface area contributed by atoms with Crippen LogP contribution in [0.4, 0.5) is 0 Å². The van der Waals surface area contributed by atoms with E-state index >= 15 is 0 Å². The zero-order valence-electron chi connectivity index (χ0n) is 16.7. The molecule has 1 saturated heterocycles. The van der Waals surface area contributed by atoms with Crippen LogP contribution in [0.25, 0.3) is 11.1 Å². The van der Waals surface area contributed by atoms with Gasteiger partial charge in [0.1, 0.15) is 0 Å². The van der Waals surface area contributed by atoms with E-state index in [4.69, 9.17) is 0 Å². The van der Waals surface area contributed by atoms with Gasteiger partial charge < -0.3 is 5.11 Å². The summed E-state index contributed by atoms with van der Waals surface area (Å²) in [5, 5.41) is 9.40. The van der Waals surface area contributed by atoms with Crippen LogP contribution < -0.4 is 0 Å². The van der Waals surface area contributed by atoms with Gasteiger partial charge in [0.05, 0.1) is 5.56 Å². The van der Waals surface area contributed by atoms with Crippen molar-refractivity contribution in [3.63, 3.8) is 0 Å². The van der Waals surface area contributed by atoms with Crippen molar-refractivity contribution in [3.8, 4) is 11.1 Å². The molecule has 2 aromatic carbocycles. The second kappa shape index (κ2) is 8.58. The number of carboxylic acids is 1. The largest absolute Gasteiger partial charge is 0.478 e. The Morgan fingerprint density at radius 1 is 1.03 bits per heavy atom. The molecule has 4 rings (SSSR count). The van der Waals surface area contributed by atoms with Gasteiger partial charge in [0, 0.05) is 24.4 Å². The van der Waals surface area contributed by atoms with E-state index in [1.807, 2.05) is 30.5 Å². The van der Waals surface area contributed by atoms with Crippen molar-refractivity contribution in [2.75, 3.05) is 13.1 Å². The highest BCUT2D eigenvalue weighted by Crippen LogP contribution is 2.28. The Bertz CT molecular complexity index is 972. The fraction of sp³-hybridized carbons (Fsp3) is 0.280. The van der Waals surface area contributed by atoms with Gasteiger partial charge in [-0.3, -0.25) is 9.88 Å². The number of aromatic carboxylic acids is 1. The van der Waals surface area contributed by atoms with Gasteiger partial charge in [-0.1, -0.05) is 48.5 Å². The van der Waals surface area contributed by atoms with Crippen LogP contribution in [0.2, 0.25) is 0 Å². The van der Waals surface area contributed by atoms with Crippen molar-refractivity contribution < 1.29 is 9.90 Å². The summed E-state index contributed by atoms with van der Waals surface area (Å²) in [4.78, 5) is 18.6. The normalized spacial score (nSPS) is 15.3. The highest BCUT2D eigenvalue weighted by Gasteiger charge is 2.21. The van der Waals surface area contributed by atoms with Gasteiger partial charge in [0.2, 0.25) is 0 Å². The van der Waals surface area contributed by atoms with Crippen molar-refractivity contribution in [1.82, 2.24) is 9.88 Å². The Balaban J connectivity index is 1.38. The summed E-state index contributed by atoms with van der Waals surface area (Å²) in [6.45, 7) is 5.15. The van der Waals surface area contributed by atoms with E-state index in [0.717, 1.165) is 43.6 Å². The smallest absolute Gasteiger partial charge is 0.336 e. The Morgan fingerprint density at radius 3 is 2.41 bits per heavy atom. The lowest BCUT2D eigenvalue weighted by Crippen LogP contribution is -2.32. The number of pyridine rings is 1. The van der Waals surface area contributed by atoms with Crippen molar-refractivity contribution in [2.45, 2.75) is 32.2 Å². The molecule has 4 nitrogen and oxygen atoms in total. The monoisotopic (exact) mass is 386 g/mol. The third-order valence-corrected chi connectivity index (χ3v) is 5.77. The van der Waals surface area contributed by atoms with Crippen molar-refractivity contribution >= 4 is 5.97 Å². The molecule has 0 unspecified atom stereocenters. The molecule has 0 bridgehead atoms. The summed E-state index contributed by atoms with van der Waals surface area (Å²) >= 11 is 0. The predicted molar refractivity (Wildman–Crippen MR) is 115 cm³/mol. The Labute approximate surface area is 171 Å². The zero-order valence-corrected chi connectivity index (χ0v) is 16.7. The molecule has 1 aliphatic heterocycles. The highest BCUT2D eigenvalue weighted by molar-refractivity contribution is 5.95. The van der Waals surface area contributed by atoms with Crippen LogP contribution in [0.3, 0.4) is 0 Å². The van der Waals surface area contributed by atoms with E-state index in [-0.39, 0.29) is 0 Å². The van der Waals surface area contributed by atoms with Gasteiger partial charge in [-0.15, -0.1) is 0 Å². The van der Waals surface area contributed by atoms with Crippen molar-refractivity contribution in [3.05, 3.63) is 89.2 Å². The van der Waals surface area contributed by atoms with Gasteiger partial charge >= 0.3 is 5.97 Å². The number of aromatic nitrogens is 1. The summed E-state index contributed by atoms with van der Waals surface area (Å²) in [6.07, 6.45) is 4.24. The average molecular weight is 386 g/mol. The SMILES string of the molecule is Cc1ccc(C2CCN(Cc3ccc(-c4ccccc4C(=O)O)cc3)CC2)nc1. The summed E-state index contributed by atoms with van der Waals surface area (Å²) in [5.74, 6) is -0.336. The third-order valence-electron chi connectivity index (χ3n) is 5.77. The number of carbonyl (C=O) groups is 1. The molecule has 3 aromatic rings. The Kier molecular flexibility index (Phi) is 5.72. The summed E-state index contributed by atoms with van der Waals surface area (Å²) in [5.41, 5.74) is 5.73. The number of nitrogens with zero attached hydrogens (tertiary/aromatic N) is 2. The van der Waals surface area contributed by atoms with Crippen LogP contribution in [0, 0.1) is 6.92 Å². The molecule has 1 N–H and O–H groups in total. The first-order valence-corrected chi connectivity index (χ1v) is 10.2. The van der Waals surface area contributed by atoms with E-state index in [0.29, 0.717) is 11.5 Å². The number of piperidine rings is 1. The standard InChI is InChI=1S/C25H26N2O2/c1-18-6-11-24(26-16-18)21-12-14-27(15-13-21)17-19-7-9-20(10-8-19)22-4-2-3-5-23(22)25(28)29/h2-11,16,21H,12-15,17H2,1H3,(H,28,29). The van der Waals surface area contributed by atoms with E-state index in [2.05, 4.69) is 41.1 Å². The Morgan fingerprint density at radius 2 is 1.76 bits per heavy atom. The Hall–Kier alpha value is -2.98. The molecule has 0 spiro atoms. The second-order valence-electron chi connectivity index (χ2n) is 7.86. The first-order chi connectivity index (χ1) is 14.1. The van der Waals surface area contributed by atoms with Crippen LogP contribution >= 0.6 is 0 Å². The molecule has 1 aromatic heterocycles. The first kappa shape index (κ1) is 19.3. The maximum Gasteiger partial charge on any atom is 0.336 e. The number of carboxylic acid groups (broad SMARTS) is 1. The molecule has 29 heavy (non-hydrogen) atoms. The quantitative estimate of drug-likeness (QED) is 0.660. The van der Waals surface area contributed by atoms with Crippen LogP contribution in [-0.4, -0.2) is 34.0 Å². The molecule has 4 heteroatoms. The number of aryl methyl sites for hydroxylation is 1. The van der Waals surface area contributed by atoms with Gasteiger partial charge in [0.25, 0.3) is 0 Å². The minimum atomic E-state index is -0.893. The third kappa shape index (κ3) is 4.54. The highest BCUT2D eigenvalue weighted by atomic mass is 16.4. The summed E-state index contributed by atoms with van der Waals surface area (Å²) < 4.78 is 0. The van der Waals surface area contributed by atoms with Gasteiger partial charge in [0.15, 0.2) is 0 Å². The molecule has 148 valence electrons. The van der Waals surface area contributed by atoms with Crippen LogP contribution in [0.5, 0.6) is 0 Å². The molecular weight excluding hydrogens is 360 g/mol. The molecule has 1 aliphatic rings. The molecule has 0 aliphatic carbocycles. The first-order valence-electron chi connectivity index (χ1n) is 10.2. The van der Waals surface area contributed by atoms with Crippen LogP contribution in [0.1, 0.15) is 45.9 Å². The maximum absolute atomic E-state index is 11.5. The van der Waals surface area contributed by atoms with E-state index in [1.54, 1.807) is 12.1 Å². The molecule has 0 saturated carbocycles. The van der Waals surface area contributed by atoms with Gasteiger partial charge in [-0.05, 0) is 67.2 Å². The number of rotatable bonds is 5. The van der Waals surface area contributed by atoms with Gasteiger partial charge in [-0.25, -0.2) is 4.79 Å². The minimum Gasteiger partial charge on any atom is -0.478 e. The summed E-state index contributed by atoms with van der Waals surface area (Å²) in [7, 11) is 0. The average Bonchev–Trinajstić information content (AvgIpc) is 2.75. The molecule has 0 atom stereocenters. The molecule has 0 amide bonds. The minimum absolute atomic E-state index is 0.340. The topological polar surface area (TPSA) is 53.4 Å². The number of hydrogen-bond acceptors (Lipinski definition) is 3. The van der Waals surface area contributed by atoms with Crippen molar-refractivity contribution in [1.29, 1.82) is 0 Å². The number of likely N-dealkylation sites (tertiary alicyclic amines) is 1. The maximum atomic E-state index is 11.5. The lowest BCUT2D eigenvalue weighted by Gasteiger charge is -2.31. The fourth-order valence-corrected chi connectivity index (χ4v) is 4.08. The zero-order chi connectivity index (χ0) is 20.2. The number of hydrogen-bond donors (Lipinski definition) is 1. The summed E-state index contributed by atoms with van der Waals surface area (Å²) in [6, 6.07) is 19.8. The van der Waals surface area contributed by atoms with E-state index < -0.39 is 5.97 Å². The predicted octanol–water partition coefficient (Wildman–Crippen LogP) is 5.13. The second-order valence-corrected chi connectivity index (χ2v) is 7.86. The lowest BCUT2D eigenvalue weighted by atomic mass is 9.92. The lowest BCUT2D eigenvalue weighted by molar-refractivity contribution is 0.0697. The van der Waals surface area contributed by atoms with E-state index in [1.165, 1.54) is 16.8 Å². The van der Waals surface area contributed by atoms with Crippen LogP contribution in [0.15, 0.2) is 66.9 Å². The molecule has 0 radical (unpaired) electrons. The number of benzene rings is 2. The van der Waals surface area contributed by atoms with Gasteiger partial charge in [-0.2, -0.15) is 0 Å². The van der Waals surface area contributed by atoms with Crippen molar-refractivity contribution in [2.24, 2.45) is 0 Å². The van der Waals surface area contributed by atoms with Crippen LogP contribution in [-0.2, 0) is 6.54 Å².